The fourth-order valence-electron chi connectivity index (χ4n) is 3.57. The van der Waals surface area contributed by atoms with E-state index in [0.29, 0.717) is 34.2 Å². The van der Waals surface area contributed by atoms with Gasteiger partial charge in [-0.1, -0.05) is 24.3 Å². The first-order valence-corrected chi connectivity index (χ1v) is 8.72. The molecule has 0 unspecified atom stereocenters. The maximum Gasteiger partial charge on any atom is 0.156 e. The number of benzene rings is 3. The van der Waals surface area contributed by atoms with Crippen molar-refractivity contribution in [3.05, 3.63) is 71.8 Å². The van der Waals surface area contributed by atoms with Crippen LogP contribution in [0, 0.1) is 34.0 Å². The van der Waals surface area contributed by atoms with Gasteiger partial charge in [0.25, 0.3) is 0 Å². The summed E-state index contributed by atoms with van der Waals surface area (Å²) in [4.78, 5) is 2.05. The number of hydrogen-bond donors (Lipinski definition) is 0. The van der Waals surface area contributed by atoms with E-state index in [-0.39, 0.29) is 11.1 Å². The van der Waals surface area contributed by atoms with Crippen LogP contribution in [-0.4, -0.2) is 0 Å². The molecule has 134 valence electrons. The van der Waals surface area contributed by atoms with Crippen LogP contribution in [0.5, 0.6) is 23.0 Å². The van der Waals surface area contributed by atoms with Gasteiger partial charge < -0.3 is 9.47 Å². The van der Waals surface area contributed by atoms with E-state index in [0.717, 1.165) is 11.4 Å². The summed E-state index contributed by atoms with van der Waals surface area (Å²) < 4.78 is 12.2. The molecule has 6 heteroatoms. The van der Waals surface area contributed by atoms with Crippen molar-refractivity contribution in [3.8, 4) is 41.2 Å². The normalized spacial score (nSPS) is 11.8. The molecular formula is C23H10N4O2. The smallest absolute Gasteiger partial charge is 0.156 e. The van der Waals surface area contributed by atoms with Crippen molar-refractivity contribution >= 4 is 22.6 Å². The molecule has 0 saturated carbocycles. The summed E-state index contributed by atoms with van der Waals surface area (Å²) >= 11 is 0. The zero-order valence-corrected chi connectivity index (χ0v) is 14.9. The maximum absolute atomic E-state index is 9.56. The standard InChI is InChI=1S/C23H10N4O2/c24-11-15(12-25)16(13-26)14-9-21-23-22(10-14)29-20-8-4-2-6-18(20)27(23)17-5-1-3-7-19(17)28-21/h1-10H. The fourth-order valence-corrected chi connectivity index (χ4v) is 3.57. The van der Waals surface area contributed by atoms with Crippen molar-refractivity contribution in [2.75, 3.05) is 4.90 Å². The number of anilines is 3. The highest BCUT2D eigenvalue weighted by molar-refractivity contribution is 5.96. The molecule has 0 radical (unpaired) electrons. The van der Waals surface area contributed by atoms with E-state index < -0.39 is 0 Å². The van der Waals surface area contributed by atoms with Crippen LogP contribution in [0.2, 0.25) is 0 Å². The minimum absolute atomic E-state index is 0.0227. The minimum atomic E-state index is -0.260. The van der Waals surface area contributed by atoms with Gasteiger partial charge in [0.2, 0.25) is 0 Å². The van der Waals surface area contributed by atoms with Crippen LogP contribution in [0.1, 0.15) is 5.56 Å². The zero-order chi connectivity index (χ0) is 20.0. The van der Waals surface area contributed by atoms with Gasteiger partial charge in [0, 0.05) is 5.56 Å². The molecule has 2 heterocycles. The monoisotopic (exact) mass is 374 g/mol. The molecule has 0 amide bonds. The lowest BCUT2D eigenvalue weighted by Gasteiger charge is -2.38. The average molecular weight is 374 g/mol. The highest BCUT2D eigenvalue weighted by atomic mass is 16.5. The Morgan fingerprint density at radius 3 is 1.69 bits per heavy atom. The summed E-state index contributed by atoms with van der Waals surface area (Å²) in [6.45, 7) is 0. The first-order chi connectivity index (χ1) is 14.2. The third kappa shape index (κ3) is 2.33. The molecule has 0 bridgehead atoms. The second-order valence-electron chi connectivity index (χ2n) is 6.38. The third-order valence-corrected chi connectivity index (χ3v) is 4.79. The number of ether oxygens (including phenoxy) is 2. The van der Waals surface area contributed by atoms with Gasteiger partial charge in [0.1, 0.15) is 29.5 Å². The number of hydrogen-bond acceptors (Lipinski definition) is 6. The van der Waals surface area contributed by atoms with Crippen LogP contribution in [0.4, 0.5) is 17.1 Å². The highest BCUT2D eigenvalue weighted by Crippen LogP contribution is 2.60. The molecule has 2 aliphatic heterocycles. The number of allylic oxidation sites excluding steroid dienone is 2. The Kier molecular flexibility index (Phi) is 3.50. The zero-order valence-electron chi connectivity index (χ0n) is 14.9. The van der Waals surface area contributed by atoms with Crippen LogP contribution >= 0.6 is 0 Å². The Hall–Kier alpha value is -4.73. The largest absolute Gasteiger partial charge is 0.453 e. The number of rotatable bonds is 1. The van der Waals surface area contributed by atoms with Gasteiger partial charge in [-0.15, -0.1) is 0 Å². The number of fused-ring (bicyclic) bond motifs is 4. The lowest BCUT2D eigenvalue weighted by atomic mass is 9.99. The van der Waals surface area contributed by atoms with Gasteiger partial charge in [0.05, 0.1) is 16.9 Å². The lowest BCUT2D eigenvalue weighted by molar-refractivity contribution is 0.445. The average Bonchev–Trinajstić information content (AvgIpc) is 2.76. The Morgan fingerprint density at radius 2 is 1.21 bits per heavy atom. The molecule has 0 atom stereocenters. The molecule has 0 N–H and O–H groups in total. The van der Waals surface area contributed by atoms with Crippen LogP contribution in [0.15, 0.2) is 66.2 Å². The summed E-state index contributed by atoms with van der Waals surface area (Å²) in [7, 11) is 0. The predicted octanol–water partition coefficient (Wildman–Crippen LogP) is 5.69. The summed E-state index contributed by atoms with van der Waals surface area (Å²) in [5.41, 5.74) is 2.55. The molecule has 3 aromatic carbocycles. The fraction of sp³-hybridized carbons (Fsp3) is 0. The Bertz CT molecular complexity index is 1270. The third-order valence-electron chi connectivity index (χ3n) is 4.79. The number of nitriles is 3. The molecule has 0 spiro atoms. The van der Waals surface area contributed by atoms with Gasteiger partial charge in [-0.2, -0.15) is 15.8 Å². The predicted molar refractivity (Wildman–Crippen MR) is 105 cm³/mol. The first-order valence-electron chi connectivity index (χ1n) is 8.72. The second-order valence-corrected chi connectivity index (χ2v) is 6.38. The van der Waals surface area contributed by atoms with Gasteiger partial charge in [0.15, 0.2) is 23.0 Å². The minimum Gasteiger partial charge on any atom is -0.453 e. The first kappa shape index (κ1) is 16.4. The molecule has 5 rings (SSSR count). The van der Waals surface area contributed by atoms with Gasteiger partial charge in [-0.25, -0.2) is 0 Å². The number of para-hydroxylation sites is 4. The summed E-state index contributed by atoms with van der Waals surface area (Å²) in [5, 5.41) is 28.0. The van der Waals surface area contributed by atoms with E-state index in [9.17, 15) is 15.8 Å². The molecule has 6 nitrogen and oxygen atoms in total. The Morgan fingerprint density at radius 1 is 0.690 bits per heavy atom. The summed E-state index contributed by atoms with van der Waals surface area (Å²) in [6, 6.07) is 24.1. The summed E-state index contributed by atoms with van der Waals surface area (Å²) in [6.07, 6.45) is 0. The van der Waals surface area contributed by atoms with E-state index >= 15 is 0 Å². The van der Waals surface area contributed by atoms with Crippen molar-refractivity contribution < 1.29 is 9.47 Å². The molecule has 0 aliphatic carbocycles. The van der Waals surface area contributed by atoms with Crippen molar-refractivity contribution in [1.29, 1.82) is 15.8 Å². The maximum atomic E-state index is 9.56. The van der Waals surface area contributed by atoms with Crippen LogP contribution in [0.25, 0.3) is 5.57 Å². The molecular weight excluding hydrogens is 364 g/mol. The van der Waals surface area contributed by atoms with E-state index in [4.69, 9.17) is 9.47 Å². The van der Waals surface area contributed by atoms with E-state index in [1.807, 2.05) is 54.6 Å². The topological polar surface area (TPSA) is 93.1 Å². The van der Waals surface area contributed by atoms with Crippen molar-refractivity contribution in [2.45, 2.75) is 0 Å². The molecule has 0 aromatic heterocycles. The van der Waals surface area contributed by atoms with Crippen molar-refractivity contribution in [3.63, 3.8) is 0 Å². The second kappa shape index (κ2) is 6.16. The highest BCUT2D eigenvalue weighted by Gasteiger charge is 2.35. The van der Waals surface area contributed by atoms with Crippen molar-refractivity contribution in [2.24, 2.45) is 0 Å². The van der Waals surface area contributed by atoms with Crippen LogP contribution in [0.3, 0.4) is 0 Å². The van der Waals surface area contributed by atoms with E-state index in [1.165, 1.54) is 0 Å². The lowest BCUT2D eigenvalue weighted by Crippen LogP contribution is -2.20. The van der Waals surface area contributed by atoms with Gasteiger partial charge in [-0.05, 0) is 36.4 Å². The Balaban J connectivity index is 1.81. The van der Waals surface area contributed by atoms with Crippen molar-refractivity contribution in [1.82, 2.24) is 0 Å². The molecule has 3 aromatic rings. The quantitative estimate of drug-likeness (QED) is 0.350. The van der Waals surface area contributed by atoms with Gasteiger partial charge in [-0.3, -0.25) is 4.90 Å². The molecule has 29 heavy (non-hydrogen) atoms. The molecule has 2 aliphatic rings. The number of nitrogens with zero attached hydrogens (tertiary/aromatic N) is 4. The summed E-state index contributed by atoms with van der Waals surface area (Å²) in [5.74, 6) is 2.27. The van der Waals surface area contributed by atoms with E-state index in [1.54, 1.807) is 24.3 Å². The molecule has 0 saturated heterocycles. The SMILES string of the molecule is N#CC(C#N)=C(C#N)c1cc2c3c(c1)Oc1ccccc1N3c1ccccc1O2. The van der Waals surface area contributed by atoms with Crippen LogP contribution in [-0.2, 0) is 0 Å². The molecule has 0 fully saturated rings. The van der Waals surface area contributed by atoms with Crippen LogP contribution < -0.4 is 14.4 Å². The van der Waals surface area contributed by atoms with E-state index in [2.05, 4.69) is 4.90 Å². The Labute approximate surface area is 166 Å². The van der Waals surface area contributed by atoms with Gasteiger partial charge >= 0.3 is 0 Å².